The quantitative estimate of drug-likeness (QED) is 0.0320. The standard InChI is InChI=1S/C77H145NO5/c1-3-5-7-9-11-13-15-17-18-19-20-33-36-39-42-46-49-53-57-61-65-69-75(80)74(73-79)78-76(81)70-66-62-58-54-50-47-43-40-37-34-31-29-27-25-23-21-22-24-26-28-30-32-35-38-41-44-48-52-56-60-64-68-72-83-77(82)71-67-63-59-55-51-45-16-14-12-10-8-6-4-2/h8,10,14,16,24,26,65,69,74-75,79-80H,3-7,9,11-13,15,17-23,25,27-64,66-68,70-73H2,1-2H3,(H,78,81)/b10-8-,16-14-,26-24-,69-65+. The number of allylic oxidation sites excluding steroid dienone is 7. The van der Waals surface area contributed by atoms with Crippen LogP contribution in [-0.4, -0.2) is 47.4 Å². The predicted octanol–water partition coefficient (Wildman–Crippen LogP) is 24.4. The molecule has 488 valence electrons. The predicted molar refractivity (Wildman–Crippen MR) is 366 cm³/mol. The lowest BCUT2D eigenvalue weighted by molar-refractivity contribution is -0.143. The van der Waals surface area contributed by atoms with Crippen molar-refractivity contribution >= 4 is 11.9 Å². The van der Waals surface area contributed by atoms with Crippen LogP contribution >= 0.6 is 0 Å². The highest BCUT2D eigenvalue weighted by Crippen LogP contribution is 2.19. The molecule has 0 aromatic rings. The van der Waals surface area contributed by atoms with Gasteiger partial charge in [-0.25, -0.2) is 0 Å². The van der Waals surface area contributed by atoms with Crippen LogP contribution in [0.4, 0.5) is 0 Å². The Morgan fingerprint density at radius 2 is 0.627 bits per heavy atom. The summed E-state index contributed by atoms with van der Waals surface area (Å²) >= 11 is 0. The molecule has 0 fully saturated rings. The lowest BCUT2D eigenvalue weighted by Crippen LogP contribution is -2.45. The van der Waals surface area contributed by atoms with E-state index in [2.05, 4.69) is 55.6 Å². The monoisotopic (exact) mass is 1160 g/mol. The number of rotatable bonds is 70. The van der Waals surface area contributed by atoms with Gasteiger partial charge >= 0.3 is 5.97 Å². The van der Waals surface area contributed by atoms with Crippen LogP contribution in [0.15, 0.2) is 48.6 Å². The molecule has 2 atom stereocenters. The summed E-state index contributed by atoms with van der Waals surface area (Å²) in [5, 5.41) is 23.3. The minimum Gasteiger partial charge on any atom is -0.466 e. The van der Waals surface area contributed by atoms with E-state index in [1.807, 2.05) is 6.08 Å². The number of unbranched alkanes of at least 4 members (excludes halogenated alkanes) is 53. The maximum Gasteiger partial charge on any atom is 0.305 e. The van der Waals surface area contributed by atoms with E-state index in [1.165, 1.54) is 327 Å². The topological polar surface area (TPSA) is 95.9 Å². The number of ether oxygens (including phenoxy) is 1. The number of carbonyl (C=O) groups excluding carboxylic acids is 2. The Bertz CT molecular complexity index is 1390. The highest BCUT2D eigenvalue weighted by Gasteiger charge is 2.18. The van der Waals surface area contributed by atoms with Crippen LogP contribution in [0.3, 0.4) is 0 Å². The molecule has 0 spiro atoms. The average Bonchev–Trinajstić information content (AvgIpc) is 3.49. The summed E-state index contributed by atoms with van der Waals surface area (Å²) in [7, 11) is 0. The van der Waals surface area contributed by atoms with Crippen LogP contribution < -0.4 is 5.32 Å². The fraction of sp³-hybridized carbons (Fsp3) is 0.870. The minimum absolute atomic E-state index is 0.00271. The number of esters is 1. The molecule has 0 aliphatic carbocycles. The zero-order chi connectivity index (χ0) is 59.9. The van der Waals surface area contributed by atoms with E-state index in [1.54, 1.807) is 6.08 Å². The van der Waals surface area contributed by atoms with Gasteiger partial charge in [0.2, 0.25) is 5.91 Å². The van der Waals surface area contributed by atoms with Gasteiger partial charge < -0.3 is 20.3 Å². The van der Waals surface area contributed by atoms with Gasteiger partial charge in [0.05, 0.1) is 25.4 Å². The van der Waals surface area contributed by atoms with Crippen molar-refractivity contribution in [2.24, 2.45) is 0 Å². The molecule has 0 radical (unpaired) electrons. The first-order valence-electron chi connectivity index (χ1n) is 37.4. The molecule has 0 aliphatic rings. The fourth-order valence-corrected chi connectivity index (χ4v) is 11.6. The second kappa shape index (κ2) is 72.3. The van der Waals surface area contributed by atoms with Crippen LogP contribution in [0.1, 0.15) is 406 Å². The van der Waals surface area contributed by atoms with Crippen molar-refractivity contribution < 1.29 is 24.5 Å². The maximum absolute atomic E-state index is 12.5. The Morgan fingerprint density at radius 1 is 0.337 bits per heavy atom. The van der Waals surface area contributed by atoms with E-state index in [0.29, 0.717) is 19.4 Å². The number of hydrogen-bond donors (Lipinski definition) is 3. The van der Waals surface area contributed by atoms with Gasteiger partial charge in [-0.05, 0) is 83.5 Å². The second-order valence-electron chi connectivity index (χ2n) is 25.6. The molecule has 0 rings (SSSR count). The lowest BCUT2D eigenvalue weighted by atomic mass is 10.0. The van der Waals surface area contributed by atoms with Crippen molar-refractivity contribution in [2.45, 2.75) is 418 Å². The number of amides is 1. The Labute approximate surface area is 518 Å². The third-order valence-corrected chi connectivity index (χ3v) is 17.3. The van der Waals surface area contributed by atoms with Crippen LogP contribution in [0.25, 0.3) is 0 Å². The molecule has 0 saturated carbocycles. The highest BCUT2D eigenvalue weighted by molar-refractivity contribution is 5.76. The molecule has 0 aliphatic heterocycles. The van der Waals surface area contributed by atoms with Crippen molar-refractivity contribution in [3.8, 4) is 0 Å². The van der Waals surface area contributed by atoms with E-state index in [0.717, 1.165) is 51.4 Å². The Morgan fingerprint density at radius 3 is 0.976 bits per heavy atom. The van der Waals surface area contributed by atoms with E-state index in [9.17, 15) is 19.8 Å². The molecule has 0 saturated heterocycles. The smallest absolute Gasteiger partial charge is 0.305 e. The van der Waals surface area contributed by atoms with Crippen molar-refractivity contribution in [3.05, 3.63) is 48.6 Å². The van der Waals surface area contributed by atoms with E-state index in [4.69, 9.17) is 4.74 Å². The van der Waals surface area contributed by atoms with Crippen LogP contribution in [0.5, 0.6) is 0 Å². The van der Waals surface area contributed by atoms with Gasteiger partial charge in [0.1, 0.15) is 0 Å². The van der Waals surface area contributed by atoms with Gasteiger partial charge in [-0.3, -0.25) is 9.59 Å². The fourth-order valence-electron chi connectivity index (χ4n) is 11.6. The van der Waals surface area contributed by atoms with Gasteiger partial charge in [0, 0.05) is 12.8 Å². The third kappa shape index (κ3) is 68.8. The number of aliphatic hydroxyl groups is 2. The van der Waals surface area contributed by atoms with Crippen molar-refractivity contribution in [1.82, 2.24) is 5.32 Å². The first-order valence-corrected chi connectivity index (χ1v) is 37.4. The highest BCUT2D eigenvalue weighted by atomic mass is 16.5. The number of nitrogens with one attached hydrogen (secondary N) is 1. The van der Waals surface area contributed by atoms with Gasteiger partial charge in [0.25, 0.3) is 0 Å². The Hall–Kier alpha value is -2.18. The first-order chi connectivity index (χ1) is 41.0. The van der Waals surface area contributed by atoms with E-state index >= 15 is 0 Å². The van der Waals surface area contributed by atoms with Crippen LogP contribution in [-0.2, 0) is 14.3 Å². The van der Waals surface area contributed by atoms with Gasteiger partial charge in [-0.15, -0.1) is 0 Å². The molecule has 83 heavy (non-hydrogen) atoms. The molecule has 0 aromatic heterocycles. The SMILES string of the molecule is CCC/C=C\C/C=C\CCCCCCCC(=O)OCCCCCCCCCCCCCC/C=C\CCCCCCCCCCCCCCCCCCC(=O)NC(CO)C(O)/C=C/CCCCCCCCCCCCCCCCCCCCC. The van der Waals surface area contributed by atoms with Crippen molar-refractivity contribution in [3.63, 3.8) is 0 Å². The summed E-state index contributed by atoms with van der Waals surface area (Å²) in [4.78, 5) is 24.6. The molecule has 6 heteroatoms. The summed E-state index contributed by atoms with van der Waals surface area (Å²) in [6, 6.07) is -0.627. The molecule has 2 unspecified atom stereocenters. The first kappa shape index (κ1) is 80.8. The molecule has 3 N–H and O–H groups in total. The summed E-state index contributed by atoms with van der Waals surface area (Å²) in [6.07, 6.45) is 95.0. The zero-order valence-corrected chi connectivity index (χ0v) is 55.9. The van der Waals surface area contributed by atoms with Gasteiger partial charge in [-0.1, -0.05) is 358 Å². The summed E-state index contributed by atoms with van der Waals surface area (Å²) < 4.78 is 5.48. The molecule has 1 amide bonds. The molecule has 0 aromatic carbocycles. The van der Waals surface area contributed by atoms with Gasteiger partial charge in [-0.2, -0.15) is 0 Å². The second-order valence-corrected chi connectivity index (χ2v) is 25.6. The van der Waals surface area contributed by atoms with Gasteiger partial charge in [0.15, 0.2) is 0 Å². The maximum atomic E-state index is 12.5. The zero-order valence-electron chi connectivity index (χ0n) is 55.9. The summed E-state index contributed by atoms with van der Waals surface area (Å²) in [5.74, 6) is -0.0589. The van der Waals surface area contributed by atoms with E-state index < -0.39 is 12.1 Å². The number of hydrogen-bond acceptors (Lipinski definition) is 5. The van der Waals surface area contributed by atoms with Crippen LogP contribution in [0, 0.1) is 0 Å². The molecule has 6 nitrogen and oxygen atoms in total. The van der Waals surface area contributed by atoms with Crippen LogP contribution in [0.2, 0.25) is 0 Å². The minimum atomic E-state index is -0.844. The normalized spacial score (nSPS) is 12.8. The number of aliphatic hydroxyl groups excluding tert-OH is 2. The largest absolute Gasteiger partial charge is 0.466 e. The third-order valence-electron chi connectivity index (χ3n) is 17.3. The molecule has 0 bridgehead atoms. The molecular formula is C77H145NO5. The number of carbonyl (C=O) groups is 2. The summed E-state index contributed by atoms with van der Waals surface area (Å²) in [5.41, 5.74) is 0. The summed E-state index contributed by atoms with van der Waals surface area (Å²) in [6.45, 7) is 4.87. The Balaban J connectivity index is 3.39. The Kier molecular flexibility index (Phi) is 70.4. The molecular weight excluding hydrogens is 1020 g/mol. The van der Waals surface area contributed by atoms with E-state index in [-0.39, 0.29) is 18.5 Å². The van der Waals surface area contributed by atoms with Crippen molar-refractivity contribution in [1.29, 1.82) is 0 Å². The lowest BCUT2D eigenvalue weighted by Gasteiger charge is -2.20. The average molecular weight is 1170 g/mol. The molecule has 0 heterocycles. The van der Waals surface area contributed by atoms with Crippen molar-refractivity contribution in [2.75, 3.05) is 13.2 Å².